The zero-order chi connectivity index (χ0) is 12.7. The summed E-state index contributed by atoms with van der Waals surface area (Å²) in [5, 5.41) is 3.48. The molecule has 2 aromatic rings. The minimum atomic E-state index is 0.703. The molecule has 2 aliphatic heterocycles. The molecule has 2 unspecified atom stereocenters. The first-order chi connectivity index (χ1) is 9.40. The first kappa shape index (κ1) is 11.0. The van der Waals surface area contributed by atoms with Gasteiger partial charge in [0.15, 0.2) is 0 Å². The maximum atomic E-state index is 4.60. The van der Waals surface area contributed by atoms with Gasteiger partial charge >= 0.3 is 0 Å². The van der Waals surface area contributed by atoms with E-state index in [2.05, 4.69) is 51.6 Å². The second-order valence-corrected chi connectivity index (χ2v) is 5.45. The minimum Gasteiger partial charge on any atom is -0.368 e. The summed E-state index contributed by atoms with van der Waals surface area (Å²) in [7, 11) is 0. The van der Waals surface area contributed by atoms with Crippen molar-refractivity contribution in [3.8, 4) is 11.3 Å². The second kappa shape index (κ2) is 4.35. The Morgan fingerprint density at radius 3 is 2.53 bits per heavy atom. The molecule has 4 rings (SSSR count). The highest BCUT2D eigenvalue weighted by Crippen LogP contribution is 2.28. The summed E-state index contributed by atoms with van der Waals surface area (Å²) in [6, 6.07) is 15.4. The third-order valence-electron chi connectivity index (χ3n) is 4.27. The molecule has 1 N–H and O–H groups in total. The highest BCUT2D eigenvalue weighted by atomic mass is 15.2. The number of nitrogens with one attached hydrogen (secondary N) is 1. The molecule has 3 nitrogen and oxygen atoms in total. The summed E-state index contributed by atoms with van der Waals surface area (Å²) in [4.78, 5) is 7.04. The Bertz CT molecular complexity index is 552. The lowest BCUT2D eigenvalue weighted by Crippen LogP contribution is -2.51. The van der Waals surface area contributed by atoms with Gasteiger partial charge in [-0.15, -0.1) is 0 Å². The van der Waals surface area contributed by atoms with Crippen LogP contribution in [0.3, 0.4) is 0 Å². The number of pyridine rings is 1. The average Bonchev–Trinajstić information content (AvgIpc) is 2.76. The fourth-order valence-corrected chi connectivity index (χ4v) is 3.02. The van der Waals surface area contributed by atoms with E-state index in [1.807, 2.05) is 12.3 Å². The van der Waals surface area contributed by atoms with Crippen molar-refractivity contribution in [3.05, 3.63) is 48.7 Å². The van der Waals surface area contributed by atoms with Crippen LogP contribution in [0.2, 0.25) is 0 Å². The second-order valence-electron chi connectivity index (χ2n) is 5.45. The highest BCUT2D eigenvalue weighted by Gasteiger charge is 2.38. The van der Waals surface area contributed by atoms with Crippen molar-refractivity contribution in [1.29, 1.82) is 0 Å². The predicted octanol–water partition coefficient (Wildman–Crippen LogP) is 2.16. The van der Waals surface area contributed by atoms with Crippen molar-refractivity contribution in [2.45, 2.75) is 6.04 Å². The van der Waals surface area contributed by atoms with Crippen molar-refractivity contribution < 1.29 is 0 Å². The van der Waals surface area contributed by atoms with Crippen LogP contribution in [0.5, 0.6) is 0 Å². The van der Waals surface area contributed by atoms with E-state index >= 15 is 0 Å². The third kappa shape index (κ3) is 1.90. The molecular weight excluding hydrogens is 234 g/mol. The van der Waals surface area contributed by atoms with E-state index in [1.165, 1.54) is 24.3 Å². The lowest BCUT2D eigenvalue weighted by molar-refractivity contribution is 0.297. The van der Waals surface area contributed by atoms with Crippen molar-refractivity contribution in [2.24, 2.45) is 5.92 Å². The summed E-state index contributed by atoms with van der Waals surface area (Å²) in [6.45, 7) is 3.47. The fraction of sp³-hybridized carbons (Fsp3) is 0.312. The average molecular weight is 251 g/mol. The Hall–Kier alpha value is -1.87. The van der Waals surface area contributed by atoms with E-state index in [4.69, 9.17) is 0 Å². The van der Waals surface area contributed by atoms with Crippen molar-refractivity contribution in [1.82, 2.24) is 10.3 Å². The van der Waals surface area contributed by atoms with Crippen LogP contribution in [0.4, 0.5) is 5.69 Å². The van der Waals surface area contributed by atoms with E-state index in [0.717, 1.165) is 18.2 Å². The first-order valence-corrected chi connectivity index (χ1v) is 6.90. The van der Waals surface area contributed by atoms with Gasteiger partial charge in [-0.05, 0) is 12.1 Å². The van der Waals surface area contributed by atoms with Crippen molar-refractivity contribution in [2.75, 3.05) is 24.5 Å². The molecule has 96 valence electrons. The van der Waals surface area contributed by atoms with Crippen molar-refractivity contribution in [3.63, 3.8) is 0 Å². The van der Waals surface area contributed by atoms with Gasteiger partial charge in [0, 0.05) is 37.2 Å². The molecule has 1 aromatic carbocycles. The molecule has 2 saturated heterocycles. The topological polar surface area (TPSA) is 28.2 Å². The van der Waals surface area contributed by atoms with Crippen LogP contribution in [0.25, 0.3) is 11.3 Å². The predicted molar refractivity (Wildman–Crippen MR) is 77.2 cm³/mol. The molecule has 1 aromatic heterocycles. The maximum absolute atomic E-state index is 4.60. The maximum Gasteiger partial charge on any atom is 0.0703 e. The molecule has 3 heteroatoms. The van der Waals surface area contributed by atoms with E-state index < -0.39 is 0 Å². The van der Waals surface area contributed by atoms with Gasteiger partial charge in [0.05, 0.1) is 17.6 Å². The molecule has 2 aliphatic rings. The SMILES string of the molecule is c1ccc(-c2ccc(N3CC4CNC4C3)cn2)cc1. The minimum absolute atomic E-state index is 0.703. The monoisotopic (exact) mass is 251 g/mol. The summed E-state index contributed by atoms with van der Waals surface area (Å²) in [5.41, 5.74) is 3.47. The van der Waals surface area contributed by atoms with Crippen LogP contribution >= 0.6 is 0 Å². The zero-order valence-electron chi connectivity index (χ0n) is 10.8. The number of benzene rings is 1. The Morgan fingerprint density at radius 2 is 1.95 bits per heavy atom. The third-order valence-corrected chi connectivity index (χ3v) is 4.27. The van der Waals surface area contributed by atoms with Crippen LogP contribution in [0.1, 0.15) is 0 Å². The van der Waals surface area contributed by atoms with Gasteiger partial charge in [0.1, 0.15) is 0 Å². The van der Waals surface area contributed by atoms with E-state index in [0.29, 0.717) is 6.04 Å². The number of hydrogen-bond acceptors (Lipinski definition) is 3. The number of fused-ring (bicyclic) bond motifs is 1. The molecule has 0 bridgehead atoms. The molecule has 2 fully saturated rings. The van der Waals surface area contributed by atoms with Crippen LogP contribution in [0.15, 0.2) is 48.7 Å². The van der Waals surface area contributed by atoms with Crippen LogP contribution in [-0.4, -0.2) is 30.7 Å². The van der Waals surface area contributed by atoms with Gasteiger partial charge in [-0.1, -0.05) is 30.3 Å². The van der Waals surface area contributed by atoms with Gasteiger partial charge < -0.3 is 10.2 Å². The van der Waals surface area contributed by atoms with E-state index in [1.54, 1.807) is 0 Å². The molecular formula is C16H17N3. The fourth-order valence-electron chi connectivity index (χ4n) is 3.02. The number of anilines is 1. The molecule has 0 saturated carbocycles. The number of rotatable bonds is 2. The molecule has 3 heterocycles. The van der Waals surface area contributed by atoms with E-state index in [9.17, 15) is 0 Å². The molecule has 0 spiro atoms. The quantitative estimate of drug-likeness (QED) is 0.886. The summed E-state index contributed by atoms with van der Waals surface area (Å²) in [6.07, 6.45) is 2.01. The number of hydrogen-bond donors (Lipinski definition) is 1. The standard InChI is InChI=1S/C16H17N3/c1-2-4-12(5-3-1)15-7-6-14(9-18-15)19-10-13-8-17-16(13)11-19/h1-7,9,13,16-17H,8,10-11H2. The highest BCUT2D eigenvalue weighted by molar-refractivity contribution is 5.61. The molecule has 2 atom stereocenters. The lowest BCUT2D eigenvalue weighted by Gasteiger charge is -2.29. The van der Waals surface area contributed by atoms with Gasteiger partial charge in [0.2, 0.25) is 0 Å². The van der Waals surface area contributed by atoms with Crippen LogP contribution < -0.4 is 10.2 Å². The Kier molecular flexibility index (Phi) is 2.52. The number of aromatic nitrogens is 1. The summed E-state index contributed by atoms with van der Waals surface area (Å²) >= 11 is 0. The largest absolute Gasteiger partial charge is 0.368 e. The van der Waals surface area contributed by atoms with Gasteiger partial charge in [0.25, 0.3) is 0 Å². The lowest BCUT2D eigenvalue weighted by atomic mass is 9.96. The molecule has 0 radical (unpaired) electrons. The molecule has 0 aliphatic carbocycles. The van der Waals surface area contributed by atoms with Gasteiger partial charge in [-0.2, -0.15) is 0 Å². The van der Waals surface area contributed by atoms with Crippen LogP contribution in [-0.2, 0) is 0 Å². The van der Waals surface area contributed by atoms with Gasteiger partial charge in [-0.25, -0.2) is 0 Å². The normalized spacial score (nSPS) is 24.9. The smallest absolute Gasteiger partial charge is 0.0703 e. The van der Waals surface area contributed by atoms with Gasteiger partial charge in [-0.3, -0.25) is 4.98 Å². The zero-order valence-corrected chi connectivity index (χ0v) is 10.8. The Balaban J connectivity index is 1.56. The Labute approximate surface area is 113 Å². The molecule has 0 amide bonds. The Morgan fingerprint density at radius 1 is 1.05 bits per heavy atom. The number of nitrogens with zero attached hydrogens (tertiary/aromatic N) is 2. The first-order valence-electron chi connectivity index (χ1n) is 6.90. The van der Waals surface area contributed by atoms with E-state index in [-0.39, 0.29) is 0 Å². The summed E-state index contributed by atoms with van der Waals surface area (Å²) in [5.74, 6) is 0.841. The summed E-state index contributed by atoms with van der Waals surface area (Å²) < 4.78 is 0. The van der Waals surface area contributed by atoms with Crippen LogP contribution in [0, 0.1) is 5.92 Å². The molecule has 19 heavy (non-hydrogen) atoms. The van der Waals surface area contributed by atoms with Crippen molar-refractivity contribution >= 4 is 5.69 Å².